The number of nitrogens with one attached hydrogen (secondary N) is 1. The van der Waals surface area contributed by atoms with Crippen molar-refractivity contribution in [2.45, 2.75) is 19.4 Å². The quantitative estimate of drug-likeness (QED) is 0.812. The highest BCUT2D eigenvalue weighted by molar-refractivity contribution is 9.10. The van der Waals surface area contributed by atoms with Crippen LogP contribution in [-0.2, 0) is 4.74 Å². The predicted octanol–water partition coefficient (Wildman–Crippen LogP) is 3.28. The van der Waals surface area contributed by atoms with E-state index in [9.17, 15) is 4.39 Å². The van der Waals surface area contributed by atoms with E-state index in [0.717, 1.165) is 10.9 Å². The van der Waals surface area contributed by atoms with Crippen LogP contribution >= 0.6 is 15.9 Å². The van der Waals surface area contributed by atoms with Crippen LogP contribution in [0.2, 0.25) is 0 Å². The molecule has 4 heteroatoms. The van der Waals surface area contributed by atoms with Gasteiger partial charge in [-0.2, -0.15) is 0 Å². The van der Waals surface area contributed by atoms with Gasteiger partial charge in [0, 0.05) is 16.6 Å². The van der Waals surface area contributed by atoms with Crippen LogP contribution in [-0.4, -0.2) is 20.3 Å². The minimum atomic E-state index is -0.206. The van der Waals surface area contributed by atoms with E-state index in [1.54, 1.807) is 19.2 Å². The lowest BCUT2D eigenvalue weighted by atomic mass is 10.1. The average Bonchev–Trinajstić information content (AvgIpc) is 2.28. The minimum absolute atomic E-state index is 0.107. The van der Waals surface area contributed by atoms with Crippen LogP contribution in [0, 0.1) is 5.82 Å². The first-order chi connectivity index (χ1) is 7.69. The molecule has 0 aliphatic heterocycles. The topological polar surface area (TPSA) is 21.3 Å². The molecule has 0 heterocycles. The average molecular weight is 290 g/mol. The van der Waals surface area contributed by atoms with Gasteiger partial charge in [0.25, 0.3) is 0 Å². The molecule has 0 fully saturated rings. The monoisotopic (exact) mass is 289 g/mol. The Bertz CT molecular complexity index is 333. The Labute approximate surface area is 104 Å². The second kappa shape index (κ2) is 6.99. The summed E-state index contributed by atoms with van der Waals surface area (Å²) < 4.78 is 19.9. The number of likely N-dealkylation sites (N-methyl/N-ethyl adjacent to an activating group) is 1. The zero-order valence-corrected chi connectivity index (χ0v) is 11.2. The molecular weight excluding hydrogens is 273 g/mol. The van der Waals surface area contributed by atoms with E-state index in [2.05, 4.69) is 21.2 Å². The van der Waals surface area contributed by atoms with Crippen LogP contribution in [0.5, 0.6) is 0 Å². The van der Waals surface area contributed by atoms with Crippen LogP contribution in [0.1, 0.15) is 24.9 Å². The second-order valence-corrected chi connectivity index (χ2v) is 4.50. The van der Waals surface area contributed by atoms with Gasteiger partial charge in [-0.25, -0.2) is 4.39 Å². The van der Waals surface area contributed by atoms with Gasteiger partial charge in [0.2, 0.25) is 0 Å². The molecule has 0 radical (unpaired) electrons. The molecule has 1 aromatic rings. The van der Waals surface area contributed by atoms with Crippen LogP contribution in [0.3, 0.4) is 0 Å². The molecule has 2 nitrogen and oxygen atoms in total. The number of benzene rings is 1. The maximum Gasteiger partial charge on any atom is 0.128 e. The van der Waals surface area contributed by atoms with Crippen LogP contribution in [0.25, 0.3) is 0 Å². The number of hydrogen-bond acceptors (Lipinski definition) is 2. The Morgan fingerprint density at radius 1 is 1.50 bits per heavy atom. The van der Waals surface area contributed by atoms with Crippen molar-refractivity contribution in [3.05, 3.63) is 34.1 Å². The Morgan fingerprint density at radius 2 is 2.25 bits per heavy atom. The number of hydrogen-bond donors (Lipinski definition) is 1. The largest absolute Gasteiger partial charge is 0.379 e. The molecule has 0 aliphatic carbocycles. The van der Waals surface area contributed by atoms with Crippen molar-refractivity contribution in [1.29, 1.82) is 0 Å². The Hall–Kier alpha value is -0.450. The van der Waals surface area contributed by atoms with Gasteiger partial charge in [-0.15, -0.1) is 0 Å². The van der Waals surface area contributed by atoms with Gasteiger partial charge in [-0.1, -0.05) is 22.9 Å². The first-order valence-corrected chi connectivity index (χ1v) is 6.18. The van der Waals surface area contributed by atoms with Gasteiger partial charge in [0.1, 0.15) is 5.82 Å². The summed E-state index contributed by atoms with van der Waals surface area (Å²) in [7, 11) is 1.81. The molecule has 1 aromatic carbocycles. The zero-order valence-electron chi connectivity index (χ0n) is 9.59. The fraction of sp³-hybridized carbons (Fsp3) is 0.500. The fourth-order valence-electron chi connectivity index (χ4n) is 1.46. The predicted molar refractivity (Wildman–Crippen MR) is 67.0 cm³/mol. The van der Waals surface area contributed by atoms with Gasteiger partial charge >= 0.3 is 0 Å². The highest BCUT2D eigenvalue weighted by Gasteiger charge is 2.14. The first-order valence-electron chi connectivity index (χ1n) is 5.39. The van der Waals surface area contributed by atoms with E-state index in [1.807, 2.05) is 6.92 Å². The number of rotatable bonds is 6. The van der Waals surface area contributed by atoms with E-state index < -0.39 is 0 Å². The number of ether oxygens (including phenoxy) is 1. The van der Waals surface area contributed by atoms with Gasteiger partial charge in [-0.05, 0) is 31.7 Å². The lowest BCUT2D eigenvalue weighted by Crippen LogP contribution is -2.23. The minimum Gasteiger partial charge on any atom is -0.379 e. The summed E-state index contributed by atoms with van der Waals surface area (Å²) in [5, 5.41) is 3.06. The summed E-state index contributed by atoms with van der Waals surface area (Å²) in [6.45, 7) is 3.24. The van der Waals surface area contributed by atoms with E-state index in [-0.39, 0.29) is 11.9 Å². The van der Waals surface area contributed by atoms with E-state index >= 15 is 0 Å². The molecule has 0 saturated carbocycles. The number of halogens is 2. The Kier molecular flexibility index (Phi) is 5.95. The summed E-state index contributed by atoms with van der Waals surface area (Å²) >= 11 is 3.34. The molecule has 90 valence electrons. The standard InChI is InChI=1S/C12H17BrFNO/c1-3-6-16-8-12(15-2)10-7-9(13)4-5-11(10)14/h4-5,7,12,15H,3,6,8H2,1-2H3. The molecule has 0 aromatic heterocycles. The summed E-state index contributed by atoms with van der Waals surface area (Å²) in [6.07, 6.45) is 0.970. The molecule has 1 rings (SSSR count). The highest BCUT2D eigenvalue weighted by Crippen LogP contribution is 2.21. The zero-order chi connectivity index (χ0) is 12.0. The van der Waals surface area contributed by atoms with E-state index in [0.29, 0.717) is 18.8 Å². The lowest BCUT2D eigenvalue weighted by molar-refractivity contribution is 0.113. The Morgan fingerprint density at radius 3 is 2.88 bits per heavy atom. The van der Waals surface area contributed by atoms with Crippen molar-refractivity contribution in [3.8, 4) is 0 Å². The maximum absolute atomic E-state index is 13.6. The molecule has 0 amide bonds. The van der Waals surface area contributed by atoms with Crippen molar-refractivity contribution >= 4 is 15.9 Å². The van der Waals surface area contributed by atoms with Crippen LogP contribution in [0.15, 0.2) is 22.7 Å². The third-order valence-electron chi connectivity index (χ3n) is 2.31. The van der Waals surface area contributed by atoms with Gasteiger partial charge in [0.15, 0.2) is 0 Å². The molecule has 0 spiro atoms. The maximum atomic E-state index is 13.6. The third kappa shape index (κ3) is 3.85. The molecule has 0 aliphatic rings. The van der Waals surface area contributed by atoms with Crippen molar-refractivity contribution in [3.63, 3.8) is 0 Å². The van der Waals surface area contributed by atoms with Gasteiger partial charge < -0.3 is 10.1 Å². The summed E-state index contributed by atoms with van der Waals surface area (Å²) in [4.78, 5) is 0. The normalized spacial score (nSPS) is 12.8. The summed E-state index contributed by atoms with van der Waals surface area (Å²) in [5.74, 6) is -0.206. The van der Waals surface area contributed by atoms with Gasteiger partial charge in [0.05, 0.1) is 12.6 Å². The molecule has 1 unspecified atom stereocenters. The van der Waals surface area contributed by atoms with Gasteiger partial charge in [-0.3, -0.25) is 0 Å². The molecule has 0 bridgehead atoms. The second-order valence-electron chi connectivity index (χ2n) is 3.58. The van der Waals surface area contributed by atoms with Crippen molar-refractivity contribution in [2.75, 3.05) is 20.3 Å². The van der Waals surface area contributed by atoms with Crippen molar-refractivity contribution in [2.24, 2.45) is 0 Å². The summed E-state index contributed by atoms with van der Waals surface area (Å²) in [5.41, 5.74) is 0.632. The van der Waals surface area contributed by atoms with Crippen molar-refractivity contribution in [1.82, 2.24) is 5.32 Å². The molecule has 1 atom stereocenters. The molecular formula is C12H17BrFNO. The van der Waals surface area contributed by atoms with E-state index in [1.165, 1.54) is 6.07 Å². The fourth-order valence-corrected chi connectivity index (χ4v) is 1.83. The summed E-state index contributed by atoms with van der Waals surface area (Å²) in [6, 6.07) is 4.83. The first kappa shape index (κ1) is 13.6. The van der Waals surface area contributed by atoms with Crippen LogP contribution in [0.4, 0.5) is 4.39 Å². The highest BCUT2D eigenvalue weighted by atomic mass is 79.9. The van der Waals surface area contributed by atoms with E-state index in [4.69, 9.17) is 4.74 Å². The SMILES string of the molecule is CCCOCC(NC)c1cc(Br)ccc1F. The Balaban J connectivity index is 2.73. The van der Waals surface area contributed by atoms with Crippen LogP contribution < -0.4 is 5.32 Å². The molecule has 16 heavy (non-hydrogen) atoms. The molecule has 1 N–H and O–H groups in total. The smallest absolute Gasteiger partial charge is 0.128 e. The van der Waals surface area contributed by atoms with Crippen molar-refractivity contribution < 1.29 is 9.13 Å². The third-order valence-corrected chi connectivity index (χ3v) is 2.81. The lowest BCUT2D eigenvalue weighted by Gasteiger charge is -2.17. The molecule has 0 saturated heterocycles.